The number of alkyl halides is 4. The number of carbonyl (C=O) groups excluding carboxylic acids is 2. The zero-order valence-electron chi connectivity index (χ0n) is 21.8. The van der Waals surface area contributed by atoms with Crippen molar-refractivity contribution >= 4 is 17.7 Å². The number of rotatable bonds is 8. The van der Waals surface area contributed by atoms with Gasteiger partial charge in [-0.1, -0.05) is 0 Å². The van der Waals surface area contributed by atoms with Gasteiger partial charge in [-0.3, -0.25) is 9.59 Å². The number of amides is 1. The highest BCUT2D eigenvalue weighted by molar-refractivity contribution is 5.96. The van der Waals surface area contributed by atoms with Gasteiger partial charge in [0.2, 0.25) is 5.88 Å². The number of benzene rings is 1. The molecule has 0 aliphatic carbocycles. The molecule has 0 saturated heterocycles. The number of hydrogen-bond donors (Lipinski definition) is 1. The van der Waals surface area contributed by atoms with E-state index >= 15 is 0 Å². The zero-order valence-corrected chi connectivity index (χ0v) is 21.8. The second-order valence-electron chi connectivity index (χ2n) is 9.88. The van der Waals surface area contributed by atoms with Crippen molar-refractivity contribution in [1.29, 1.82) is 0 Å². The lowest BCUT2D eigenvalue weighted by Crippen LogP contribution is -2.36. The third-order valence-corrected chi connectivity index (χ3v) is 6.95. The second-order valence-corrected chi connectivity index (χ2v) is 9.88. The summed E-state index contributed by atoms with van der Waals surface area (Å²) in [5.41, 5.74) is -0.822. The second kappa shape index (κ2) is 10.5. The third kappa shape index (κ3) is 5.19. The van der Waals surface area contributed by atoms with E-state index < -0.39 is 48.1 Å². The molecule has 0 saturated carbocycles. The van der Waals surface area contributed by atoms with E-state index in [1.165, 1.54) is 48.9 Å². The summed E-state index contributed by atoms with van der Waals surface area (Å²) in [6.45, 7) is -0.380. The van der Waals surface area contributed by atoms with Gasteiger partial charge in [-0.05, 0) is 49.4 Å². The number of hydrogen-bond acceptors (Lipinski definition) is 6. The molecule has 1 N–H and O–H groups in total. The Morgan fingerprint density at radius 1 is 1.22 bits per heavy atom. The first kappa shape index (κ1) is 28.0. The van der Waals surface area contributed by atoms with Crippen molar-refractivity contribution in [2.75, 3.05) is 26.9 Å². The van der Waals surface area contributed by atoms with E-state index in [2.05, 4.69) is 15.4 Å². The Bertz CT molecular complexity index is 1640. The summed E-state index contributed by atoms with van der Waals surface area (Å²) in [4.78, 5) is 28.3. The van der Waals surface area contributed by atoms with Crippen LogP contribution < -0.4 is 14.8 Å². The highest BCUT2D eigenvalue weighted by Crippen LogP contribution is 2.46. The smallest absolute Gasteiger partial charge is 0.398 e. The molecule has 1 aromatic carbocycles. The average molecular weight is 575 g/mol. The summed E-state index contributed by atoms with van der Waals surface area (Å²) >= 11 is 0. The van der Waals surface area contributed by atoms with Gasteiger partial charge in [0.1, 0.15) is 42.2 Å². The minimum absolute atomic E-state index is 0.0113. The molecule has 0 bridgehead atoms. The summed E-state index contributed by atoms with van der Waals surface area (Å²) in [5, 5.41) is 6.31. The van der Waals surface area contributed by atoms with Gasteiger partial charge in [0.05, 0.1) is 23.7 Å². The quantitative estimate of drug-likeness (QED) is 0.234. The monoisotopic (exact) mass is 574 g/mol. The van der Waals surface area contributed by atoms with Gasteiger partial charge in [-0.2, -0.15) is 18.3 Å². The number of nitrogens with zero attached hydrogens (tertiary/aromatic N) is 3. The van der Waals surface area contributed by atoms with Crippen LogP contribution in [0.3, 0.4) is 0 Å². The maximum atomic E-state index is 14.4. The van der Waals surface area contributed by atoms with E-state index in [-0.39, 0.29) is 46.3 Å². The number of halogens is 5. The number of carbonyl (C=O) groups is 2. The minimum atomic E-state index is -4.86. The summed E-state index contributed by atoms with van der Waals surface area (Å²) in [7, 11) is 1.31. The summed E-state index contributed by atoms with van der Waals surface area (Å²) < 4.78 is 83.1. The molecular weight excluding hydrogens is 551 g/mol. The molecule has 1 amide bonds. The van der Waals surface area contributed by atoms with E-state index in [0.29, 0.717) is 11.8 Å². The molecule has 8 nitrogen and oxygen atoms in total. The van der Waals surface area contributed by atoms with Crippen LogP contribution in [0.4, 0.5) is 22.0 Å². The van der Waals surface area contributed by atoms with Gasteiger partial charge in [-0.15, -0.1) is 0 Å². The van der Waals surface area contributed by atoms with Crippen molar-refractivity contribution in [3.8, 4) is 22.9 Å². The molecule has 0 fully saturated rings. The number of aromatic nitrogens is 3. The molecule has 4 heterocycles. The lowest BCUT2D eigenvalue weighted by molar-refractivity contribution is -0.149. The fourth-order valence-electron chi connectivity index (χ4n) is 4.66. The van der Waals surface area contributed by atoms with Crippen molar-refractivity contribution in [3.05, 3.63) is 76.9 Å². The normalized spacial score (nSPS) is 17.1. The maximum Gasteiger partial charge on any atom is 0.398 e. The summed E-state index contributed by atoms with van der Waals surface area (Å²) in [6, 6.07) is 10.1. The van der Waals surface area contributed by atoms with Crippen LogP contribution in [0.25, 0.3) is 16.8 Å². The zero-order chi connectivity index (χ0) is 29.5. The SMILES string of the molecule is COc1cc(C(=O)NCC(c2cc3c(c(-c4ccc(F)cc4)n2)OCC3(C)CF)C(F)(F)F)cc2cc(C=O)nn12. The molecule has 1 aliphatic heterocycles. The molecule has 0 radical (unpaired) electrons. The molecule has 214 valence electrons. The van der Waals surface area contributed by atoms with Crippen LogP contribution in [0, 0.1) is 5.82 Å². The molecule has 3 aromatic heterocycles. The van der Waals surface area contributed by atoms with E-state index in [1.54, 1.807) is 0 Å². The van der Waals surface area contributed by atoms with E-state index in [1.807, 2.05) is 0 Å². The Labute approximate surface area is 230 Å². The van der Waals surface area contributed by atoms with Gasteiger partial charge < -0.3 is 14.8 Å². The Kier molecular flexibility index (Phi) is 7.14. The summed E-state index contributed by atoms with van der Waals surface area (Å²) in [6.07, 6.45) is -4.35. The number of pyridine rings is 2. The molecule has 2 atom stereocenters. The number of ether oxygens (including phenoxy) is 2. The van der Waals surface area contributed by atoms with Gasteiger partial charge in [0.25, 0.3) is 5.91 Å². The van der Waals surface area contributed by atoms with E-state index in [0.717, 1.165) is 18.2 Å². The van der Waals surface area contributed by atoms with Crippen molar-refractivity contribution < 1.29 is 41.0 Å². The van der Waals surface area contributed by atoms with Gasteiger partial charge in [0.15, 0.2) is 6.29 Å². The molecule has 0 spiro atoms. The number of nitrogens with one attached hydrogen (secondary N) is 1. The van der Waals surface area contributed by atoms with Crippen LogP contribution in [0.1, 0.15) is 44.9 Å². The predicted octanol–water partition coefficient (Wildman–Crippen LogP) is 5.05. The molecule has 4 aromatic rings. The van der Waals surface area contributed by atoms with Gasteiger partial charge in [0, 0.05) is 29.3 Å². The maximum absolute atomic E-state index is 14.4. The fourth-order valence-corrected chi connectivity index (χ4v) is 4.66. The van der Waals surface area contributed by atoms with Crippen LogP contribution in [0.2, 0.25) is 0 Å². The molecule has 2 unspecified atom stereocenters. The largest absolute Gasteiger partial charge is 0.490 e. The molecule has 5 rings (SSSR count). The van der Waals surface area contributed by atoms with E-state index in [4.69, 9.17) is 9.47 Å². The first-order valence-corrected chi connectivity index (χ1v) is 12.4. The van der Waals surface area contributed by atoms with E-state index in [9.17, 15) is 31.5 Å². The van der Waals surface area contributed by atoms with Crippen LogP contribution in [0.5, 0.6) is 11.6 Å². The first-order chi connectivity index (χ1) is 19.5. The Balaban J connectivity index is 1.52. The van der Waals surface area contributed by atoms with Gasteiger partial charge >= 0.3 is 6.18 Å². The van der Waals surface area contributed by atoms with Crippen molar-refractivity contribution in [2.24, 2.45) is 0 Å². The van der Waals surface area contributed by atoms with Crippen LogP contribution in [-0.2, 0) is 5.41 Å². The topological polar surface area (TPSA) is 94.8 Å². The number of aldehydes is 1. The lowest BCUT2D eigenvalue weighted by atomic mass is 9.84. The third-order valence-electron chi connectivity index (χ3n) is 6.95. The first-order valence-electron chi connectivity index (χ1n) is 12.4. The molecule has 1 aliphatic rings. The molecular formula is C28H23F5N4O4. The van der Waals surface area contributed by atoms with Crippen LogP contribution in [0.15, 0.2) is 48.5 Å². The molecule has 13 heteroatoms. The fraction of sp³-hybridized carbons (Fsp3) is 0.286. The number of methoxy groups -OCH3 is 1. The standard InChI is InChI=1S/C28H23F5N4O4/c1-27(13-29)14-41-25-20(27)10-22(35-24(25)15-3-5-17(30)6-4-15)21(28(31,32)33)11-34-26(39)16-7-19-9-18(12-38)36-37(19)23(8-16)40-2/h3-10,12,21H,11,13-14H2,1-2H3,(H,34,39). The highest BCUT2D eigenvalue weighted by atomic mass is 19.4. The van der Waals surface area contributed by atoms with Crippen molar-refractivity contribution in [3.63, 3.8) is 0 Å². The Hall–Kier alpha value is -4.55. The number of fused-ring (bicyclic) bond motifs is 2. The molecule has 41 heavy (non-hydrogen) atoms. The summed E-state index contributed by atoms with van der Waals surface area (Å²) in [5.74, 6) is -3.46. The van der Waals surface area contributed by atoms with Crippen LogP contribution in [-0.4, -0.2) is 59.9 Å². The van der Waals surface area contributed by atoms with Crippen molar-refractivity contribution in [1.82, 2.24) is 19.9 Å². The lowest BCUT2D eigenvalue weighted by Gasteiger charge is -2.24. The Morgan fingerprint density at radius 2 is 1.95 bits per heavy atom. The average Bonchev–Trinajstić information content (AvgIpc) is 3.53. The minimum Gasteiger partial charge on any atom is -0.490 e. The van der Waals surface area contributed by atoms with Gasteiger partial charge in [-0.25, -0.2) is 18.3 Å². The Morgan fingerprint density at radius 3 is 2.59 bits per heavy atom. The predicted molar refractivity (Wildman–Crippen MR) is 137 cm³/mol. The van der Waals surface area contributed by atoms with Crippen molar-refractivity contribution in [2.45, 2.75) is 24.4 Å². The highest BCUT2D eigenvalue weighted by Gasteiger charge is 2.45. The van der Waals surface area contributed by atoms with Crippen LogP contribution >= 0.6 is 0 Å².